The average molecular weight is 239 g/mol. The number of nitrogens with zero attached hydrogens (tertiary/aromatic N) is 2. The molecule has 82 valence electrons. The molecular formula is C8H6ClF3N2O. The van der Waals surface area contributed by atoms with Gasteiger partial charge in [0.1, 0.15) is 5.75 Å². The van der Waals surface area contributed by atoms with Gasteiger partial charge in [0.05, 0.1) is 25.2 Å². The zero-order chi connectivity index (χ0) is 11.5. The van der Waals surface area contributed by atoms with E-state index in [1.54, 1.807) is 0 Å². The second kappa shape index (κ2) is 4.48. The molecule has 0 unspecified atom stereocenters. The van der Waals surface area contributed by atoms with E-state index in [-0.39, 0.29) is 5.69 Å². The molecule has 0 radical (unpaired) electrons. The van der Waals surface area contributed by atoms with E-state index in [0.717, 1.165) is 6.20 Å². The highest BCUT2D eigenvalue weighted by molar-refractivity contribution is 6.67. The molecule has 1 aromatic rings. The number of aliphatic imine (C=N–C) groups is 1. The average Bonchev–Trinajstić information content (AvgIpc) is 2.16. The molecule has 0 amide bonds. The fraction of sp³-hybridized carbons (Fsp3) is 0.250. The topological polar surface area (TPSA) is 34.5 Å². The Balaban J connectivity index is 2.98. The summed E-state index contributed by atoms with van der Waals surface area (Å²) in [4.78, 5) is 6.79. The zero-order valence-corrected chi connectivity index (χ0v) is 8.30. The molecule has 0 aliphatic carbocycles. The first-order valence-electron chi connectivity index (χ1n) is 3.74. The Morgan fingerprint density at radius 2 is 2.13 bits per heavy atom. The van der Waals surface area contributed by atoms with E-state index in [4.69, 9.17) is 16.3 Å². The summed E-state index contributed by atoms with van der Waals surface area (Å²) in [5.74, 6) is 0.308. The molecule has 1 aromatic heterocycles. The number of rotatable bonds is 2. The lowest BCUT2D eigenvalue weighted by Gasteiger charge is -2.03. The smallest absolute Gasteiger partial charge is 0.444 e. The van der Waals surface area contributed by atoms with Gasteiger partial charge >= 0.3 is 6.18 Å². The van der Waals surface area contributed by atoms with Crippen molar-refractivity contribution < 1.29 is 17.9 Å². The van der Waals surface area contributed by atoms with Crippen LogP contribution in [0.3, 0.4) is 0 Å². The minimum Gasteiger partial charge on any atom is -0.495 e. The number of halogens is 4. The predicted molar refractivity (Wildman–Crippen MR) is 49.8 cm³/mol. The maximum absolute atomic E-state index is 12.0. The van der Waals surface area contributed by atoms with E-state index in [0.29, 0.717) is 5.75 Å². The molecule has 1 rings (SSSR count). The highest BCUT2D eigenvalue weighted by atomic mass is 35.5. The third kappa shape index (κ3) is 3.39. The van der Waals surface area contributed by atoms with Gasteiger partial charge in [-0.2, -0.15) is 13.2 Å². The molecule has 0 saturated heterocycles. The van der Waals surface area contributed by atoms with E-state index in [2.05, 4.69) is 9.98 Å². The van der Waals surface area contributed by atoms with E-state index in [9.17, 15) is 13.2 Å². The summed E-state index contributed by atoms with van der Waals surface area (Å²) < 4.78 is 40.8. The number of alkyl halides is 3. The lowest BCUT2D eigenvalue weighted by molar-refractivity contribution is -0.0558. The van der Waals surface area contributed by atoms with Crippen molar-refractivity contribution in [2.24, 2.45) is 4.99 Å². The largest absolute Gasteiger partial charge is 0.495 e. The van der Waals surface area contributed by atoms with Crippen molar-refractivity contribution in [3.63, 3.8) is 0 Å². The SMILES string of the molecule is COc1cncc(N=C(Cl)C(F)(F)F)c1. The van der Waals surface area contributed by atoms with Crippen LogP contribution < -0.4 is 4.74 Å². The Hall–Kier alpha value is -1.30. The second-order valence-corrected chi connectivity index (χ2v) is 2.84. The standard InChI is InChI=1S/C8H6ClF3N2O/c1-15-6-2-5(3-13-4-6)14-7(9)8(10,11)12/h2-4H,1H3. The molecule has 0 aliphatic rings. The molecule has 15 heavy (non-hydrogen) atoms. The minimum atomic E-state index is -4.65. The number of hydrogen-bond donors (Lipinski definition) is 0. The number of hydrogen-bond acceptors (Lipinski definition) is 3. The first kappa shape index (κ1) is 11.8. The summed E-state index contributed by atoms with van der Waals surface area (Å²) in [6.07, 6.45) is -2.15. The summed E-state index contributed by atoms with van der Waals surface area (Å²) in [5, 5.41) is -1.45. The van der Waals surface area contributed by atoms with Gasteiger partial charge in [-0.05, 0) is 0 Å². The first-order chi connectivity index (χ1) is 6.93. The van der Waals surface area contributed by atoms with Crippen molar-refractivity contribution in [2.75, 3.05) is 7.11 Å². The summed E-state index contributed by atoms with van der Waals surface area (Å²) >= 11 is 4.94. The van der Waals surface area contributed by atoms with Crippen molar-refractivity contribution in [3.05, 3.63) is 18.5 Å². The molecular weight excluding hydrogens is 233 g/mol. The van der Waals surface area contributed by atoms with Crippen LogP contribution in [-0.2, 0) is 0 Å². The van der Waals surface area contributed by atoms with Crippen molar-refractivity contribution >= 4 is 22.5 Å². The van der Waals surface area contributed by atoms with Crippen LogP contribution in [0, 0.1) is 0 Å². The zero-order valence-electron chi connectivity index (χ0n) is 7.55. The third-order valence-electron chi connectivity index (χ3n) is 1.40. The quantitative estimate of drug-likeness (QED) is 0.743. The highest BCUT2D eigenvalue weighted by Gasteiger charge is 2.34. The second-order valence-electron chi connectivity index (χ2n) is 2.48. The molecule has 0 fully saturated rings. The monoisotopic (exact) mass is 238 g/mol. The number of pyridine rings is 1. The van der Waals surface area contributed by atoms with Gasteiger partial charge in [-0.25, -0.2) is 4.99 Å². The minimum absolute atomic E-state index is 0.0170. The first-order valence-corrected chi connectivity index (χ1v) is 4.11. The van der Waals surface area contributed by atoms with Crippen LogP contribution in [0.4, 0.5) is 18.9 Å². The molecule has 0 aliphatic heterocycles. The van der Waals surface area contributed by atoms with Gasteiger partial charge in [0, 0.05) is 6.07 Å². The summed E-state index contributed by atoms with van der Waals surface area (Å²) in [6, 6.07) is 1.29. The van der Waals surface area contributed by atoms with Crippen LogP contribution in [0.5, 0.6) is 5.75 Å². The lowest BCUT2D eigenvalue weighted by atomic mass is 10.4. The molecule has 0 spiro atoms. The molecule has 0 N–H and O–H groups in total. The molecule has 0 saturated carbocycles. The van der Waals surface area contributed by atoms with Crippen molar-refractivity contribution in [2.45, 2.75) is 6.18 Å². The van der Waals surface area contributed by atoms with E-state index in [1.807, 2.05) is 0 Å². The van der Waals surface area contributed by atoms with Gasteiger partial charge in [0.15, 0.2) is 0 Å². The maximum Gasteiger partial charge on any atom is 0.444 e. The van der Waals surface area contributed by atoms with Gasteiger partial charge < -0.3 is 4.74 Å². The highest BCUT2D eigenvalue weighted by Crippen LogP contribution is 2.24. The molecule has 7 heteroatoms. The van der Waals surface area contributed by atoms with E-state index >= 15 is 0 Å². The summed E-state index contributed by atoms with van der Waals surface area (Å²) in [7, 11) is 1.37. The Bertz CT molecular complexity index is 378. The Labute approximate surface area is 88.6 Å². The van der Waals surface area contributed by atoms with Crippen molar-refractivity contribution in [1.29, 1.82) is 0 Å². The van der Waals surface area contributed by atoms with E-state index in [1.165, 1.54) is 19.4 Å². The van der Waals surface area contributed by atoms with Gasteiger partial charge in [-0.3, -0.25) is 4.98 Å². The van der Waals surface area contributed by atoms with Gasteiger partial charge in [-0.1, -0.05) is 11.6 Å². The third-order valence-corrected chi connectivity index (χ3v) is 1.69. The number of methoxy groups -OCH3 is 1. The molecule has 0 bridgehead atoms. The maximum atomic E-state index is 12.0. The van der Waals surface area contributed by atoms with Crippen LogP contribution in [0.1, 0.15) is 0 Å². The fourth-order valence-corrected chi connectivity index (χ4v) is 0.854. The summed E-state index contributed by atoms with van der Waals surface area (Å²) in [5.41, 5.74) is -0.0170. The number of ether oxygens (including phenoxy) is 1. The normalized spacial score (nSPS) is 12.7. The molecule has 0 atom stereocenters. The van der Waals surface area contributed by atoms with Gasteiger partial charge in [0.25, 0.3) is 0 Å². The lowest BCUT2D eigenvalue weighted by Crippen LogP contribution is -2.16. The van der Waals surface area contributed by atoms with Crippen LogP contribution in [0.2, 0.25) is 0 Å². The predicted octanol–water partition coefficient (Wildman–Crippen LogP) is 2.92. The van der Waals surface area contributed by atoms with Gasteiger partial charge in [0.2, 0.25) is 5.17 Å². The van der Waals surface area contributed by atoms with Crippen LogP contribution in [0.25, 0.3) is 0 Å². The summed E-state index contributed by atoms with van der Waals surface area (Å²) in [6.45, 7) is 0. The molecule has 1 heterocycles. The van der Waals surface area contributed by atoms with E-state index < -0.39 is 11.3 Å². The number of aromatic nitrogens is 1. The van der Waals surface area contributed by atoms with Crippen molar-refractivity contribution in [3.8, 4) is 5.75 Å². The van der Waals surface area contributed by atoms with Gasteiger partial charge in [-0.15, -0.1) is 0 Å². The van der Waals surface area contributed by atoms with Crippen LogP contribution in [0.15, 0.2) is 23.5 Å². The molecule has 3 nitrogen and oxygen atoms in total. The Morgan fingerprint density at radius 1 is 1.47 bits per heavy atom. The van der Waals surface area contributed by atoms with Crippen molar-refractivity contribution in [1.82, 2.24) is 4.98 Å². The fourth-order valence-electron chi connectivity index (χ4n) is 0.757. The molecule has 0 aromatic carbocycles. The Kier molecular flexibility index (Phi) is 3.52. The van der Waals surface area contributed by atoms with Crippen LogP contribution in [-0.4, -0.2) is 23.4 Å². The van der Waals surface area contributed by atoms with Crippen LogP contribution >= 0.6 is 11.6 Å². The Morgan fingerprint density at radius 3 is 2.67 bits per heavy atom.